The number of carbonyl (C=O) groups excluding carboxylic acids is 3. The summed E-state index contributed by atoms with van der Waals surface area (Å²) in [6, 6.07) is 22.8. The molecule has 3 amide bonds. The summed E-state index contributed by atoms with van der Waals surface area (Å²) in [5, 5.41) is 11.8. The first-order chi connectivity index (χ1) is 20.4. The molecule has 0 radical (unpaired) electrons. The Morgan fingerprint density at radius 2 is 1.48 bits per heavy atom. The normalized spacial score (nSPS) is 30.4. The van der Waals surface area contributed by atoms with Crippen LogP contribution in [0, 0.1) is 11.8 Å². The second-order valence-corrected chi connectivity index (χ2v) is 13.5. The first-order valence-electron chi connectivity index (χ1n) is 14.5. The molecular formula is C34H33N3O4S. The lowest BCUT2D eigenvalue weighted by atomic mass is 9.74. The third kappa shape index (κ3) is 3.96. The van der Waals surface area contributed by atoms with E-state index in [0.717, 1.165) is 22.1 Å². The third-order valence-corrected chi connectivity index (χ3v) is 11.0. The van der Waals surface area contributed by atoms with Gasteiger partial charge in [-0.2, -0.15) is 0 Å². The van der Waals surface area contributed by atoms with E-state index in [-0.39, 0.29) is 30.9 Å². The Morgan fingerprint density at radius 1 is 0.786 bits per heavy atom. The zero-order chi connectivity index (χ0) is 29.1. The number of thioether (sulfide) groups is 1. The van der Waals surface area contributed by atoms with Crippen molar-refractivity contribution in [2.24, 2.45) is 11.8 Å². The van der Waals surface area contributed by atoms with E-state index in [0.29, 0.717) is 19.5 Å². The van der Waals surface area contributed by atoms with Crippen LogP contribution in [0.1, 0.15) is 13.3 Å². The number of hydrogen-bond acceptors (Lipinski definition) is 5. The van der Waals surface area contributed by atoms with E-state index >= 15 is 0 Å². The number of amides is 3. The van der Waals surface area contributed by atoms with Gasteiger partial charge in [0.05, 0.1) is 16.6 Å². The molecule has 4 heterocycles. The molecule has 4 aliphatic rings. The van der Waals surface area contributed by atoms with Crippen LogP contribution in [0.3, 0.4) is 0 Å². The van der Waals surface area contributed by atoms with Crippen molar-refractivity contribution in [2.75, 3.05) is 36.0 Å². The van der Waals surface area contributed by atoms with Crippen molar-refractivity contribution in [1.29, 1.82) is 0 Å². The molecule has 42 heavy (non-hydrogen) atoms. The molecule has 7 nitrogen and oxygen atoms in total. The monoisotopic (exact) mass is 579 g/mol. The molecule has 0 aromatic heterocycles. The summed E-state index contributed by atoms with van der Waals surface area (Å²) in [6.45, 7) is 2.98. The van der Waals surface area contributed by atoms with E-state index in [1.54, 1.807) is 26.5 Å². The van der Waals surface area contributed by atoms with Crippen LogP contribution < -0.4 is 9.80 Å². The van der Waals surface area contributed by atoms with Gasteiger partial charge in [-0.3, -0.25) is 14.4 Å². The lowest BCUT2D eigenvalue weighted by Crippen LogP contribution is -2.53. The van der Waals surface area contributed by atoms with Crippen LogP contribution in [0.5, 0.6) is 0 Å². The fourth-order valence-corrected chi connectivity index (χ4v) is 9.58. The predicted octanol–water partition coefficient (Wildman–Crippen LogP) is 4.42. The van der Waals surface area contributed by atoms with Gasteiger partial charge in [0.1, 0.15) is 6.04 Å². The molecule has 3 aromatic rings. The van der Waals surface area contributed by atoms with Gasteiger partial charge >= 0.3 is 0 Å². The number of anilines is 2. The molecule has 7 rings (SSSR count). The van der Waals surface area contributed by atoms with Crippen molar-refractivity contribution in [1.82, 2.24) is 4.90 Å². The summed E-state index contributed by atoms with van der Waals surface area (Å²) in [6.07, 6.45) is 8.48. The van der Waals surface area contributed by atoms with Crippen molar-refractivity contribution in [3.8, 4) is 0 Å². The second kappa shape index (κ2) is 10.1. The van der Waals surface area contributed by atoms with Gasteiger partial charge in [0.2, 0.25) is 11.8 Å². The van der Waals surface area contributed by atoms with Gasteiger partial charge in [-0.15, -0.1) is 11.8 Å². The molecule has 1 spiro atoms. The lowest BCUT2D eigenvalue weighted by molar-refractivity contribution is -0.139. The summed E-state index contributed by atoms with van der Waals surface area (Å²) in [5.41, 5.74) is 1.56. The Bertz CT molecular complexity index is 1640. The summed E-state index contributed by atoms with van der Waals surface area (Å²) in [4.78, 5) is 48.7. The van der Waals surface area contributed by atoms with Crippen molar-refractivity contribution in [3.63, 3.8) is 0 Å². The molecule has 5 atom stereocenters. The topological polar surface area (TPSA) is 81.2 Å². The molecule has 1 unspecified atom stereocenters. The van der Waals surface area contributed by atoms with E-state index in [2.05, 4.69) is 6.08 Å². The predicted molar refractivity (Wildman–Crippen MR) is 166 cm³/mol. The number of benzene rings is 3. The highest BCUT2D eigenvalue weighted by molar-refractivity contribution is 8.02. The van der Waals surface area contributed by atoms with Gasteiger partial charge in [0, 0.05) is 42.4 Å². The van der Waals surface area contributed by atoms with E-state index in [9.17, 15) is 19.5 Å². The molecule has 0 saturated carbocycles. The van der Waals surface area contributed by atoms with E-state index < -0.39 is 27.4 Å². The van der Waals surface area contributed by atoms with Gasteiger partial charge in [-0.05, 0) is 48.4 Å². The van der Waals surface area contributed by atoms with Crippen molar-refractivity contribution >= 4 is 51.6 Å². The standard InChI is InChI=1S/C34H33N3O4S/c1-33-16-7-18-35(25-12-3-2-4-13-25)30(39)27(33)28-31(40)37(20-9-21-38)29-32(41)36(19-8-17-34(28,29)42-33)26-15-14-23-10-5-6-11-24(23)22-26/h2-8,10-17,22,27-29,38H,9,18-21H2,1H3/t27-,28-,29?,33+,34-/m0/s1. The Labute approximate surface area is 249 Å². The number of hydrogen-bond donors (Lipinski definition) is 1. The van der Waals surface area contributed by atoms with Crippen LogP contribution in [0.15, 0.2) is 97.1 Å². The zero-order valence-electron chi connectivity index (χ0n) is 23.4. The number of fused-ring (bicyclic) bond motifs is 3. The Morgan fingerprint density at radius 3 is 2.24 bits per heavy atom. The molecule has 3 aromatic carbocycles. The Balaban J connectivity index is 1.33. The summed E-state index contributed by atoms with van der Waals surface area (Å²) in [5.74, 6) is -1.82. The summed E-state index contributed by atoms with van der Waals surface area (Å²) < 4.78 is -1.60. The van der Waals surface area contributed by atoms with Crippen molar-refractivity contribution in [2.45, 2.75) is 28.9 Å². The van der Waals surface area contributed by atoms with Gasteiger partial charge in [-0.25, -0.2) is 0 Å². The Hall–Kier alpha value is -3.88. The van der Waals surface area contributed by atoms with Crippen LogP contribution in [0.25, 0.3) is 10.8 Å². The maximum atomic E-state index is 14.7. The quantitative estimate of drug-likeness (QED) is 0.453. The first-order valence-corrected chi connectivity index (χ1v) is 15.3. The molecule has 0 bridgehead atoms. The van der Waals surface area contributed by atoms with Gasteiger partial charge < -0.3 is 19.8 Å². The third-order valence-electron chi connectivity index (χ3n) is 9.23. The minimum Gasteiger partial charge on any atom is -0.396 e. The number of likely N-dealkylation sites (tertiary alicyclic amines) is 1. The smallest absolute Gasteiger partial charge is 0.251 e. The van der Waals surface area contributed by atoms with E-state index in [4.69, 9.17) is 0 Å². The average molecular weight is 580 g/mol. The van der Waals surface area contributed by atoms with Crippen LogP contribution in [-0.2, 0) is 14.4 Å². The fourth-order valence-electron chi connectivity index (χ4n) is 7.42. The maximum Gasteiger partial charge on any atom is 0.251 e. The maximum absolute atomic E-state index is 14.7. The van der Waals surface area contributed by atoms with Crippen LogP contribution in [0.4, 0.5) is 11.4 Å². The van der Waals surface area contributed by atoms with Crippen LogP contribution >= 0.6 is 11.8 Å². The Kier molecular flexibility index (Phi) is 6.51. The number of carbonyl (C=O) groups is 3. The highest BCUT2D eigenvalue weighted by atomic mass is 32.2. The van der Waals surface area contributed by atoms with Crippen LogP contribution in [-0.4, -0.2) is 69.5 Å². The molecular weight excluding hydrogens is 546 g/mol. The number of aliphatic hydroxyl groups is 1. The average Bonchev–Trinajstić information content (AvgIpc) is 3.26. The summed E-state index contributed by atoms with van der Waals surface area (Å²) in [7, 11) is 0. The molecule has 2 fully saturated rings. The number of nitrogens with zero attached hydrogens (tertiary/aromatic N) is 3. The number of para-hydroxylation sites is 1. The minimum absolute atomic E-state index is 0.0929. The van der Waals surface area contributed by atoms with Crippen molar-refractivity contribution in [3.05, 3.63) is 97.1 Å². The van der Waals surface area contributed by atoms with Gasteiger partial charge in [-0.1, -0.05) is 72.8 Å². The molecule has 8 heteroatoms. The molecule has 4 aliphatic heterocycles. The van der Waals surface area contributed by atoms with E-state index in [1.165, 1.54) is 0 Å². The molecule has 214 valence electrons. The molecule has 2 saturated heterocycles. The summed E-state index contributed by atoms with van der Waals surface area (Å²) >= 11 is 1.58. The molecule has 0 aliphatic carbocycles. The SMILES string of the molecule is C[C@@]12C=CCN(c3ccccc3)C(=O)[C@@H]1[C@H]1C(=O)N(CCCO)C3C(=O)N(c4ccc5ccccc5c4)CC=C[C@@]31S2. The van der Waals surface area contributed by atoms with E-state index in [1.807, 2.05) is 97.9 Å². The molecule has 1 N–H and O–H groups in total. The highest BCUT2D eigenvalue weighted by Crippen LogP contribution is 2.65. The zero-order valence-corrected chi connectivity index (χ0v) is 24.2. The number of rotatable bonds is 5. The number of aliphatic hydroxyl groups excluding tert-OH is 1. The van der Waals surface area contributed by atoms with Crippen LogP contribution in [0.2, 0.25) is 0 Å². The minimum atomic E-state index is -0.922. The fraction of sp³-hybridized carbons (Fsp3) is 0.324. The lowest BCUT2D eigenvalue weighted by Gasteiger charge is -2.36. The first kappa shape index (κ1) is 27.0. The van der Waals surface area contributed by atoms with Gasteiger partial charge in [0.25, 0.3) is 5.91 Å². The highest BCUT2D eigenvalue weighted by Gasteiger charge is 2.73. The second-order valence-electron chi connectivity index (χ2n) is 11.7. The van der Waals surface area contributed by atoms with Gasteiger partial charge in [0.15, 0.2) is 0 Å². The largest absolute Gasteiger partial charge is 0.396 e. The van der Waals surface area contributed by atoms with Crippen molar-refractivity contribution < 1.29 is 19.5 Å².